The van der Waals surface area contributed by atoms with Crippen LogP contribution in [0.2, 0.25) is 0 Å². The van der Waals surface area contributed by atoms with E-state index >= 15 is 0 Å². The summed E-state index contributed by atoms with van der Waals surface area (Å²) >= 11 is 0. The number of aliphatic imine (C=N–C) groups is 1. The number of hydrogen-bond donors (Lipinski definition) is 1. The molecule has 7 heteroatoms. The maximum absolute atomic E-state index is 11.7. The molecule has 1 spiro atoms. The van der Waals surface area contributed by atoms with E-state index in [9.17, 15) is 8.42 Å². The first-order chi connectivity index (χ1) is 12.0. The molecule has 4 rings (SSSR count). The number of guanidine groups is 1. The van der Waals surface area contributed by atoms with E-state index in [0.29, 0.717) is 18.1 Å². The fraction of sp³-hybridized carbons (Fsp3) is 0.632. The topological polar surface area (TPSA) is 61.8 Å². The highest BCUT2D eigenvalue weighted by Crippen LogP contribution is 2.50. The molecule has 2 fully saturated rings. The minimum atomic E-state index is -2.83. The zero-order valence-electron chi connectivity index (χ0n) is 15.3. The van der Waals surface area contributed by atoms with Gasteiger partial charge in [-0.25, -0.2) is 8.42 Å². The van der Waals surface area contributed by atoms with Gasteiger partial charge in [-0.15, -0.1) is 24.0 Å². The second-order valence-corrected chi connectivity index (χ2v) is 10.0. The summed E-state index contributed by atoms with van der Waals surface area (Å²) in [5.41, 5.74) is 2.99. The molecule has 1 aromatic rings. The summed E-state index contributed by atoms with van der Waals surface area (Å²) in [5.74, 6) is 1.70. The zero-order chi connectivity index (χ0) is 17.5. The van der Waals surface area contributed by atoms with Crippen molar-refractivity contribution in [3.8, 4) is 0 Å². The van der Waals surface area contributed by atoms with Gasteiger partial charge in [0.2, 0.25) is 0 Å². The van der Waals surface area contributed by atoms with Crippen LogP contribution < -0.4 is 10.2 Å². The summed E-state index contributed by atoms with van der Waals surface area (Å²) in [7, 11) is -1.01. The van der Waals surface area contributed by atoms with Crippen LogP contribution in [0, 0.1) is 5.92 Å². The van der Waals surface area contributed by atoms with Gasteiger partial charge < -0.3 is 10.2 Å². The van der Waals surface area contributed by atoms with E-state index in [0.717, 1.165) is 18.9 Å². The van der Waals surface area contributed by atoms with Gasteiger partial charge in [0.1, 0.15) is 0 Å². The summed E-state index contributed by atoms with van der Waals surface area (Å²) in [6.45, 7) is 1.66. The maximum atomic E-state index is 11.7. The Morgan fingerprint density at radius 2 is 2.04 bits per heavy atom. The number of rotatable bonds is 2. The predicted molar refractivity (Wildman–Crippen MR) is 117 cm³/mol. The number of sulfone groups is 1. The van der Waals surface area contributed by atoms with Gasteiger partial charge in [0, 0.05) is 31.2 Å². The first kappa shape index (κ1) is 19.9. The van der Waals surface area contributed by atoms with Gasteiger partial charge in [0.25, 0.3) is 0 Å². The smallest absolute Gasteiger partial charge is 0.198 e. The number of fused-ring (bicyclic) bond motifs is 2. The molecule has 1 unspecified atom stereocenters. The van der Waals surface area contributed by atoms with Crippen LogP contribution >= 0.6 is 24.0 Å². The lowest BCUT2D eigenvalue weighted by molar-refractivity contribution is 0.477. The lowest BCUT2D eigenvalue weighted by Crippen LogP contribution is -2.45. The van der Waals surface area contributed by atoms with E-state index in [-0.39, 0.29) is 35.3 Å². The van der Waals surface area contributed by atoms with Crippen molar-refractivity contribution in [1.82, 2.24) is 5.32 Å². The molecule has 26 heavy (non-hydrogen) atoms. The number of benzene rings is 1. The SMILES string of the molecule is CN=C(NCC1CCS(=O)(=O)C1)N1CC2(CCCC2)c2ccccc21.I. The highest BCUT2D eigenvalue weighted by atomic mass is 127. The van der Waals surface area contributed by atoms with Crippen molar-refractivity contribution < 1.29 is 8.42 Å². The highest BCUT2D eigenvalue weighted by molar-refractivity contribution is 14.0. The molecule has 1 atom stereocenters. The molecule has 144 valence electrons. The fourth-order valence-electron chi connectivity index (χ4n) is 4.86. The molecule has 1 saturated carbocycles. The normalized spacial score (nSPS) is 26.0. The largest absolute Gasteiger partial charge is 0.356 e. The van der Waals surface area contributed by atoms with Gasteiger partial charge in [-0.2, -0.15) is 0 Å². The molecule has 3 aliphatic rings. The molecule has 5 nitrogen and oxygen atoms in total. The first-order valence-electron chi connectivity index (χ1n) is 9.31. The minimum absolute atomic E-state index is 0. The Morgan fingerprint density at radius 3 is 2.69 bits per heavy atom. The fourth-order valence-corrected chi connectivity index (χ4v) is 6.72. The Balaban J connectivity index is 0.00000196. The molecule has 1 saturated heterocycles. The van der Waals surface area contributed by atoms with Crippen molar-refractivity contribution in [3.05, 3.63) is 29.8 Å². The minimum Gasteiger partial charge on any atom is -0.356 e. The number of nitrogens with one attached hydrogen (secondary N) is 1. The van der Waals surface area contributed by atoms with Crippen LogP contribution in [0.1, 0.15) is 37.7 Å². The van der Waals surface area contributed by atoms with Crippen LogP contribution in [0.3, 0.4) is 0 Å². The van der Waals surface area contributed by atoms with Crippen LogP contribution in [0.25, 0.3) is 0 Å². The predicted octanol–water partition coefficient (Wildman–Crippen LogP) is 2.95. The molecule has 2 aliphatic heterocycles. The van der Waals surface area contributed by atoms with E-state index in [2.05, 4.69) is 39.5 Å². The van der Waals surface area contributed by atoms with E-state index in [4.69, 9.17) is 0 Å². The molecule has 1 aromatic carbocycles. The van der Waals surface area contributed by atoms with Crippen molar-refractivity contribution in [1.29, 1.82) is 0 Å². The zero-order valence-corrected chi connectivity index (χ0v) is 18.4. The molecular formula is C19H28IN3O2S. The average molecular weight is 489 g/mol. The molecule has 0 aromatic heterocycles. The lowest BCUT2D eigenvalue weighted by atomic mass is 9.81. The van der Waals surface area contributed by atoms with Crippen LogP contribution in [-0.4, -0.2) is 46.0 Å². The van der Waals surface area contributed by atoms with E-state index in [1.54, 1.807) is 0 Å². The first-order valence-corrected chi connectivity index (χ1v) is 11.1. The molecule has 2 heterocycles. The number of halogens is 1. The molecule has 0 bridgehead atoms. The Hall–Kier alpha value is -0.830. The second kappa shape index (κ2) is 7.66. The monoisotopic (exact) mass is 489 g/mol. The summed E-state index contributed by atoms with van der Waals surface area (Å²) < 4.78 is 23.4. The third kappa shape index (κ3) is 3.61. The van der Waals surface area contributed by atoms with Gasteiger partial charge in [0.15, 0.2) is 15.8 Å². The quantitative estimate of drug-likeness (QED) is 0.394. The highest BCUT2D eigenvalue weighted by Gasteiger charge is 2.45. The summed E-state index contributed by atoms with van der Waals surface area (Å²) in [6.07, 6.45) is 5.85. The Bertz CT molecular complexity index is 788. The Labute approximate surface area is 173 Å². The Kier molecular flexibility index (Phi) is 5.86. The van der Waals surface area contributed by atoms with Gasteiger partial charge in [0.05, 0.1) is 11.5 Å². The number of nitrogens with zero attached hydrogens (tertiary/aromatic N) is 2. The third-order valence-corrected chi connectivity index (χ3v) is 7.97. The maximum Gasteiger partial charge on any atom is 0.198 e. The molecular weight excluding hydrogens is 461 g/mol. The van der Waals surface area contributed by atoms with E-state index in [1.807, 2.05) is 7.05 Å². The van der Waals surface area contributed by atoms with Crippen molar-refractivity contribution in [2.45, 2.75) is 37.5 Å². The van der Waals surface area contributed by atoms with Gasteiger partial charge in [-0.1, -0.05) is 31.0 Å². The van der Waals surface area contributed by atoms with Crippen LogP contribution in [0.4, 0.5) is 5.69 Å². The van der Waals surface area contributed by atoms with E-state index < -0.39 is 9.84 Å². The summed E-state index contributed by atoms with van der Waals surface area (Å²) in [4.78, 5) is 6.81. The third-order valence-electron chi connectivity index (χ3n) is 6.13. The van der Waals surface area contributed by atoms with Crippen molar-refractivity contribution in [2.24, 2.45) is 10.9 Å². The number of para-hydroxylation sites is 1. The van der Waals surface area contributed by atoms with Crippen molar-refractivity contribution in [3.63, 3.8) is 0 Å². The summed E-state index contributed by atoms with van der Waals surface area (Å²) in [6, 6.07) is 8.70. The van der Waals surface area contributed by atoms with Crippen LogP contribution in [0.5, 0.6) is 0 Å². The van der Waals surface area contributed by atoms with Gasteiger partial charge in [-0.3, -0.25) is 4.99 Å². The van der Waals surface area contributed by atoms with E-state index in [1.165, 1.54) is 36.9 Å². The standard InChI is InChI=1S/C19H27N3O2S.HI/c1-20-18(21-12-15-8-11-25(23,24)13-15)22-14-19(9-4-5-10-19)16-6-2-3-7-17(16)22;/h2-3,6-7,15H,4-5,8-14H2,1H3,(H,20,21);1H. The number of hydrogen-bond acceptors (Lipinski definition) is 3. The Morgan fingerprint density at radius 1 is 1.31 bits per heavy atom. The van der Waals surface area contributed by atoms with Crippen LogP contribution in [-0.2, 0) is 15.3 Å². The van der Waals surface area contributed by atoms with Crippen LogP contribution in [0.15, 0.2) is 29.3 Å². The second-order valence-electron chi connectivity index (χ2n) is 7.79. The molecule has 0 radical (unpaired) electrons. The molecule has 1 aliphatic carbocycles. The summed E-state index contributed by atoms with van der Waals surface area (Å²) in [5, 5.41) is 3.45. The van der Waals surface area contributed by atoms with Gasteiger partial charge >= 0.3 is 0 Å². The van der Waals surface area contributed by atoms with Crippen molar-refractivity contribution in [2.75, 3.05) is 36.5 Å². The average Bonchev–Trinajstić information content (AvgIpc) is 3.29. The van der Waals surface area contributed by atoms with Gasteiger partial charge in [-0.05, 0) is 36.8 Å². The molecule has 0 amide bonds. The molecule has 1 N–H and O–H groups in total. The van der Waals surface area contributed by atoms with Crippen molar-refractivity contribution >= 4 is 45.5 Å². The lowest BCUT2D eigenvalue weighted by Gasteiger charge is -2.27. The number of anilines is 1.